The van der Waals surface area contributed by atoms with Gasteiger partial charge in [0.05, 0.1) is 0 Å². The summed E-state index contributed by atoms with van der Waals surface area (Å²) in [4.78, 5) is 0. The molecular weight excluding hydrogens is 312 g/mol. The summed E-state index contributed by atoms with van der Waals surface area (Å²) in [6.07, 6.45) is 18.4. The Balaban J connectivity index is 1.67. The molecule has 0 spiro atoms. The third kappa shape index (κ3) is 1.36. The molecule has 0 aromatic heterocycles. The summed E-state index contributed by atoms with van der Waals surface area (Å²) in [5.41, 5.74) is 11.7. The Hall–Kier alpha value is -3.12. The van der Waals surface area contributed by atoms with Crippen molar-refractivity contribution < 1.29 is 0 Å². The maximum absolute atomic E-state index is 2.36. The van der Waals surface area contributed by atoms with Crippen LogP contribution in [0, 0.1) is 11.8 Å². The standard InChI is InChI=1S/C26H16/c1-5-15-6-2-10-19-22(15)18(9-1)25-20-11-3-7-16-13-14-17-8-4-12-21(26(19)25)24(17)23(16)20/h1-14,23-24H/t23-,24-/m0/s1. The van der Waals surface area contributed by atoms with Gasteiger partial charge < -0.3 is 0 Å². The van der Waals surface area contributed by atoms with Crippen LogP contribution < -0.4 is 0 Å². The lowest BCUT2D eigenvalue weighted by atomic mass is 9.60. The van der Waals surface area contributed by atoms with Crippen molar-refractivity contribution in [2.24, 2.45) is 11.8 Å². The molecule has 2 aromatic carbocycles. The second-order valence-electron chi connectivity index (χ2n) is 7.71. The van der Waals surface area contributed by atoms with Crippen molar-refractivity contribution in [3.8, 4) is 0 Å². The van der Waals surface area contributed by atoms with E-state index < -0.39 is 0 Å². The van der Waals surface area contributed by atoms with E-state index in [1.54, 1.807) is 0 Å². The number of fused-ring (bicyclic) bond motifs is 4. The van der Waals surface area contributed by atoms with Gasteiger partial charge in [0.2, 0.25) is 0 Å². The van der Waals surface area contributed by atoms with E-state index in [1.807, 2.05) is 0 Å². The molecule has 0 aliphatic heterocycles. The first-order valence-electron chi connectivity index (χ1n) is 9.37. The van der Waals surface area contributed by atoms with Gasteiger partial charge in [0.25, 0.3) is 0 Å². The third-order valence-electron chi connectivity index (χ3n) is 6.59. The van der Waals surface area contributed by atoms with E-state index in [2.05, 4.69) is 85.0 Å². The summed E-state index contributed by atoms with van der Waals surface area (Å²) in [7, 11) is 0. The lowest BCUT2D eigenvalue weighted by Gasteiger charge is -2.43. The third-order valence-corrected chi connectivity index (χ3v) is 6.59. The van der Waals surface area contributed by atoms with Crippen molar-refractivity contribution in [1.82, 2.24) is 0 Å². The summed E-state index contributed by atoms with van der Waals surface area (Å²) < 4.78 is 0. The largest absolute Gasteiger partial charge is 0.0617 e. The highest BCUT2D eigenvalue weighted by molar-refractivity contribution is 6.22. The van der Waals surface area contributed by atoms with Crippen molar-refractivity contribution in [2.75, 3.05) is 0 Å². The fourth-order valence-electron chi connectivity index (χ4n) is 5.66. The van der Waals surface area contributed by atoms with Gasteiger partial charge in [-0.3, -0.25) is 0 Å². The average molecular weight is 328 g/mol. The van der Waals surface area contributed by atoms with E-state index >= 15 is 0 Å². The molecule has 0 nitrogen and oxygen atoms in total. The minimum absolute atomic E-state index is 0.458. The summed E-state index contributed by atoms with van der Waals surface area (Å²) in [6.45, 7) is 0. The fraction of sp³-hybridized carbons (Fsp3) is 0.0769. The van der Waals surface area contributed by atoms with Crippen LogP contribution in [0.25, 0.3) is 21.9 Å². The quantitative estimate of drug-likeness (QED) is 0.542. The summed E-state index contributed by atoms with van der Waals surface area (Å²) >= 11 is 0. The Morgan fingerprint density at radius 1 is 0.577 bits per heavy atom. The van der Waals surface area contributed by atoms with Crippen molar-refractivity contribution >= 4 is 21.9 Å². The van der Waals surface area contributed by atoms with Gasteiger partial charge in [-0.25, -0.2) is 0 Å². The van der Waals surface area contributed by atoms with Gasteiger partial charge in [0.1, 0.15) is 0 Å². The van der Waals surface area contributed by atoms with E-state index in [0.29, 0.717) is 11.8 Å². The van der Waals surface area contributed by atoms with Crippen LogP contribution in [0.5, 0.6) is 0 Å². The summed E-state index contributed by atoms with van der Waals surface area (Å²) in [5, 5.41) is 2.78. The van der Waals surface area contributed by atoms with Crippen LogP contribution in [0.1, 0.15) is 11.1 Å². The highest BCUT2D eigenvalue weighted by Gasteiger charge is 2.45. The zero-order valence-electron chi connectivity index (χ0n) is 14.2. The molecule has 0 heteroatoms. The molecule has 26 heavy (non-hydrogen) atoms. The van der Waals surface area contributed by atoms with Crippen LogP contribution in [-0.2, 0) is 0 Å². The van der Waals surface area contributed by atoms with E-state index in [9.17, 15) is 0 Å². The van der Waals surface area contributed by atoms with Crippen LogP contribution >= 0.6 is 0 Å². The van der Waals surface area contributed by atoms with E-state index in [-0.39, 0.29) is 0 Å². The molecule has 0 bridgehead atoms. The average Bonchev–Trinajstić information content (AvgIpc) is 3.04. The number of rotatable bonds is 0. The van der Waals surface area contributed by atoms with Crippen molar-refractivity contribution in [1.29, 1.82) is 0 Å². The Bertz CT molecular complexity index is 1170. The molecule has 0 unspecified atom stereocenters. The Morgan fingerprint density at radius 3 is 1.65 bits per heavy atom. The smallest absolute Gasteiger partial charge is 0.0205 e. The zero-order chi connectivity index (χ0) is 16.8. The highest BCUT2D eigenvalue weighted by atomic mass is 14.5. The van der Waals surface area contributed by atoms with Gasteiger partial charge in [0, 0.05) is 11.8 Å². The molecule has 0 fully saturated rings. The predicted octanol–water partition coefficient (Wildman–Crippen LogP) is 6.17. The Kier molecular flexibility index (Phi) is 2.19. The molecule has 0 saturated carbocycles. The van der Waals surface area contributed by atoms with Crippen LogP contribution in [0.15, 0.2) is 107 Å². The topological polar surface area (TPSA) is 0 Å². The Morgan fingerprint density at radius 2 is 1.12 bits per heavy atom. The first kappa shape index (κ1) is 13.1. The second-order valence-corrected chi connectivity index (χ2v) is 7.71. The van der Waals surface area contributed by atoms with Crippen molar-refractivity contribution in [2.45, 2.75) is 0 Å². The van der Waals surface area contributed by atoms with E-state index in [4.69, 9.17) is 0 Å². The second kappa shape index (κ2) is 4.34. The molecule has 0 radical (unpaired) electrons. The number of hydrogen-bond acceptors (Lipinski definition) is 0. The molecule has 5 aliphatic rings. The molecule has 0 N–H and O–H groups in total. The molecule has 2 aromatic rings. The van der Waals surface area contributed by atoms with Crippen LogP contribution in [-0.4, -0.2) is 0 Å². The molecule has 5 aliphatic carbocycles. The molecule has 0 saturated heterocycles. The maximum Gasteiger partial charge on any atom is 0.0205 e. The van der Waals surface area contributed by atoms with E-state index in [1.165, 1.54) is 55.3 Å². The molecule has 0 amide bonds. The van der Waals surface area contributed by atoms with Crippen molar-refractivity contribution in [3.63, 3.8) is 0 Å². The van der Waals surface area contributed by atoms with Crippen LogP contribution in [0.2, 0.25) is 0 Å². The lowest BCUT2D eigenvalue weighted by Crippen LogP contribution is -2.30. The summed E-state index contributed by atoms with van der Waals surface area (Å²) in [5.74, 6) is 0.916. The van der Waals surface area contributed by atoms with Gasteiger partial charge in [-0.2, -0.15) is 0 Å². The summed E-state index contributed by atoms with van der Waals surface area (Å²) in [6, 6.07) is 13.5. The lowest BCUT2D eigenvalue weighted by molar-refractivity contribution is 0.573. The van der Waals surface area contributed by atoms with Crippen molar-refractivity contribution in [3.05, 3.63) is 118 Å². The number of benzene rings is 2. The predicted molar refractivity (Wildman–Crippen MR) is 108 cm³/mol. The van der Waals surface area contributed by atoms with Crippen LogP contribution in [0.3, 0.4) is 0 Å². The SMILES string of the molecule is C1=CC2=CC=C3C=CC=C4C5=C(C(=C1)[C@H]2[C@@H]34)c1cccc2cccc5c12. The fourth-order valence-corrected chi connectivity index (χ4v) is 5.66. The molecule has 7 rings (SSSR count). The highest BCUT2D eigenvalue weighted by Crippen LogP contribution is 2.61. The van der Waals surface area contributed by atoms with Gasteiger partial charge in [-0.1, -0.05) is 85.0 Å². The van der Waals surface area contributed by atoms with Gasteiger partial charge in [-0.15, -0.1) is 0 Å². The minimum atomic E-state index is 0.458. The minimum Gasteiger partial charge on any atom is -0.0617 e. The van der Waals surface area contributed by atoms with Gasteiger partial charge in [-0.05, 0) is 55.3 Å². The first-order chi connectivity index (χ1) is 12.9. The number of allylic oxidation sites excluding steroid dienone is 14. The Labute approximate surface area is 152 Å². The van der Waals surface area contributed by atoms with Crippen LogP contribution in [0.4, 0.5) is 0 Å². The molecular formula is C26H16. The van der Waals surface area contributed by atoms with E-state index in [0.717, 1.165) is 0 Å². The number of hydrogen-bond donors (Lipinski definition) is 0. The molecule has 120 valence electrons. The first-order valence-corrected chi connectivity index (χ1v) is 9.37. The maximum atomic E-state index is 2.36. The normalized spacial score (nSPS) is 26.2. The van der Waals surface area contributed by atoms with Gasteiger partial charge >= 0.3 is 0 Å². The molecule has 2 atom stereocenters. The van der Waals surface area contributed by atoms with Gasteiger partial charge in [0.15, 0.2) is 0 Å². The zero-order valence-corrected chi connectivity index (χ0v) is 14.2. The molecule has 0 heterocycles. The monoisotopic (exact) mass is 328 g/mol.